The van der Waals surface area contributed by atoms with Crippen molar-refractivity contribution in [3.63, 3.8) is 0 Å². The van der Waals surface area contributed by atoms with Gasteiger partial charge in [0.1, 0.15) is 11.4 Å². The second-order valence-corrected chi connectivity index (χ2v) is 17.4. The second kappa shape index (κ2) is 24.1. The number of unbranched alkanes of at least 4 members (excludes halogenated alkanes) is 14. The number of carbonyl (C=O) groups is 3. The molecular formula is C51H70N7O3+. The van der Waals surface area contributed by atoms with E-state index in [1.165, 1.54) is 96.3 Å². The number of hydrogen-bond acceptors (Lipinski definition) is 4. The van der Waals surface area contributed by atoms with Gasteiger partial charge in [0.15, 0.2) is 0 Å². The third-order valence-corrected chi connectivity index (χ3v) is 11.6. The highest BCUT2D eigenvalue weighted by Gasteiger charge is 2.19. The molecule has 326 valence electrons. The van der Waals surface area contributed by atoms with Crippen LogP contribution in [-0.2, 0) is 14.1 Å². The first-order valence-electron chi connectivity index (χ1n) is 22.7. The Kier molecular flexibility index (Phi) is 18.4. The number of aromatic nitrogens is 3. The number of amides is 3. The van der Waals surface area contributed by atoms with Crippen LogP contribution in [0.4, 0.5) is 11.4 Å². The van der Waals surface area contributed by atoms with Crippen LogP contribution in [-0.4, -0.2) is 70.1 Å². The van der Waals surface area contributed by atoms with Crippen molar-refractivity contribution in [2.24, 2.45) is 14.1 Å². The number of nitrogens with zero attached hydrogens (tertiary/aromatic N) is 4. The molecule has 3 N–H and O–H groups in total. The first-order chi connectivity index (χ1) is 29.5. The van der Waals surface area contributed by atoms with Crippen LogP contribution in [0.3, 0.4) is 0 Å². The van der Waals surface area contributed by atoms with Crippen LogP contribution < -0.4 is 16.0 Å². The molecule has 0 radical (unpaired) electrons. The van der Waals surface area contributed by atoms with Gasteiger partial charge >= 0.3 is 0 Å². The molecular weight excluding hydrogens is 759 g/mol. The summed E-state index contributed by atoms with van der Waals surface area (Å²) in [6.07, 6.45) is 29.7. The summed E-state index contributed by atoms with van der Waals surface area (Å²) in [6.45, 7) is 4.79. The minimum absolute atomic E-state index is 0.176. The maximum absolute atomic E-state index is 13.3. The summed E-state index contributed by atoms with van der Waals surface area (Å²) < 4.78 is 4.25. The summed E-state index contributed by atoms with van der Waals surface area (Å²) in [5.41, 5.74) is 5.24. The molecule has 0 fully saturated rings. The molecule has 0 spiro atoms. The van der Waals surface area contributed by atoms with E-state index in [2.05, 4.69) is 48.0 Å². The molecule has 0 aliphatic carbocycles. The number of pyridine rings is 1. The second-order valence-electron chi connectivity index (χ2n) is 17.4. The number of likely N-dealkylation sites (N-methyl/N-ethyl adjacent to an activating group) is 1. The number of fused-ring (bicyclic) bond motifs is 1. The largest absolute Gasteiger partial charge is 0.345 e. The Bertz CT molecular complexity index is 2180. The van der Waals surface area contributed by atoms with Crippen molar-refractivity contribution >= 4 is 52.2 Å². The number of rotatable bonds is 26. The van der Waals surface area contributed by atoms with Gasteiger partial charge in [0.2, 0.25) is 0 Å². The summed E-state index contributed by atoms with van der Waals surface area (Å²) in [6, 6.07) is 20.7. The molecule has 0 atom stereocenters. The monoisotopic (exact) mass is 829 g/mol. The van der Waals surface area contributed by atoms with Crippen LogP contribution in [0.2, 0.25) is 0 Å². The van der Waals surface area contributed by atoms with Gasteiger partial charge in [-0.1, -0.05) is 133 Å². The molecule has 5 rings (SSSR count). The fourth-order valence-electron chi connectivity index (χ4n) is 7.82. The van der Waals surface area contributed by atoms with Crippen molar-refractivity contribution in [1.82, 2.24) is 19.4 Å². The predicted octanol–water partition coefficient (Wildman–Crippen LogP) is 11.3. The van der Waals surface area contributed by atoms with Gasteiger partial charge in [0, 0.05) is 43.6 Å². The summed E-state index contributed by atoms with van der Waals surface area (Å²) in [5.74, 6) is -0.806. The molecule has 3 heterocycles. The SMILES string of the molecule is CCCCCCCCCCCCCCCCC[N+](C)(C)CCNC(=O)c1cc(NC(=O)c2cc(NC(=O)c3ccc(/C=C/c4cnc5ccccc5c4)cc3)cn2C)cn1C. The molecule has 10 nitrogen and oxygen atoms in total. The minimum atomic E-state index is -0.351. The molecule has 0 bridgehead atoms. The number of nitrogens with one attached hydrogen (secondary N) is 3. The lowest BCUT2D eigenvalue weighted by Crippen LogP contribution is -2.46. The van der Waals surface area contributed by atoms with Crippen molar-refractivity contribution in [2.75, 3.05) is 44.4 Å². The zero-order valence-electron chi connectivity index (χ0n) is 37.5. The third kappa shape index (κ3) is 15.5. The maximum Gasteiger partial charge on any atom is 0.272 e. The summed E-state index contributed by atoms with van der Waals surface area (Å²) >= 11 is 0. The number of hydrogen-bond donors (Lipinski definition) is 3. The molecule has 0 aliphatic rings. The van der Waals surface area contributed by atoms with Gasteiger partial charge in [0.05, 0.1) is 50.6 Å². The van der Waals surface area contributed by atoms with Crippen molar-refractivity contribution in [3.8, 4) is 0 Å². The van der Waals surface area contributed by atoms with Gasteiger partial charge in [0.25, 0.3) is 17.7 Å². The Balaban J connectivity index is 0.979. The minimum Gasteiger partial charge on any atom is -0.345 e. The average molecular weight is 829 g/mol. The van der Waals surface area contributed by atoms with Gasteiger partial charge in [-0.25, -0.2) is 0 Å². The van der Waals surface area contributed by atoms with Crippen LogP contribution in [0, 0.1) is 0 Å². The Labute approximate surface area is 364 Å². The van der Waals surface area contributed by atoms with Crippen LogP contribution in [0.1, 0.15) is 146 Å². The Morgan fingerprint density at radius 1 is 0.607 bits per heavy atom. The molecule has 0 aliphatic heterocycles. The Morgan fingerprint density at radius 3 is 1.74 bits per heavy atom. The first-order valence-corrected chi connectivity index (χ1v) is 22.7. The van der Waals surface area contributed by atoms with Crippen molar-refractivity contribution in [2.45, 2.75) is 103 Å². The predicted molar refractivity (Wildman–Crippen MR) is 253 cm³/mol. The highest BCUT2D eigenvalue weighted by atomic mass is 16.2. The number of aryl methyl sites for hydroxylation is 2. The molecule has 0 unspecified atom stereocenters. The lowest BCUT2D eigenvalue weighted by Gasteiger charge is -2.30. The van der Waals surface area contributed by atoms with Gasteiger partial charge in [-0.15, -0.1) is 0 Å². The van der Waals surface area contributed by atoms with Crippen LogP contribution in [0.15, 0.2) is 85.3 Å². The van der Waals surface area contributed by atoms with Gasteiger partial charge in [-0.05, 0) is 60.4 Å². The van der Waals surface area contributed by atoms with Gasteiger partial charge < -0.3 is 29.6 Å². The van der Waals surface area contributed by atoms with Crippen LogP contribution in [0.5, 0.6) is 0 Å². The van der Waals surface area contributed by atoms with Gasteiger partial charge in [-0.2, -0.15) is 0 Å². The molecule has 3 aromatic heterocycles. The van der Waals surface area contributed by atoms with E-state index in [9.17, 15) is 14.4 Å². The van der Waals surface area contributed by atoms with E-state index in [0.717, 1.165) is 39.6 Å². The van der Waals surface area contributed by atoms with E-state index >= 15 is 0 Å². The third-order valence-electron chi connectivity index (χ3n) is 11.6. The molecule has 61 heavy (non-hydrogen) atoms. The average Bonchev–Trinajstić information content (AvgIpc) is 3.81. The first kappa shape index (κ1) is 46.6. The number of para-hydroxylation sites is 1. The normalized spacial score (nSPS) is 11.7. The molecule has 5 aromatic rings. The number of quaternary nitrogens is 1. The zero-order valence-corrected chi connectivity index (χ0v) is 37.5. The standard InChI is InChI=1S/C51H69N7O3/c1-6-7-8-9-10-11-12-13-14-15-16-17-18-19-22-32-58(4,5)33-31-52-50(60)47-35-45(39-56(47)2)55-51(61)48-36-44(38-57(48)3)54-49(59)42-29-27-40(28-30-42)25-26-41-34-43-23-20-21-24-46(43)53-37-41/h20-21,23-30,34-39H,6-19,22,31-33H2,1-5H3,(H2-,52,54,55,59,60,61)/p+1/b26-25+. The smallest absolute Gasteiger partial charge is 0.272 e. The lowest BCUT2D eigenvalue weighted by atomic mass is 10.0. The Morgan fingerprint density at radius 2 is 1.13 bits per heavy atom. The fourth-order valence-corrected chi connectivity index (χ4v) is 7.82. The van der Waals surface area contributed by atoms with Crippen LogP contribution >= 0.6 is 0 Å². The molecule has 10 heteroatoms. The topological polar surface area (TPSA) is 110 Å². The number of anilines is 2. The fraction of sp³-hybridized carbons (Fsp3) is 0.451. The van der Waals surface area contributed by atoms with Gasteiger partial charge in [-0.3, -0.25) is 19.4 Å². The van der Waals surface area contributed by atoms with Crippen molar-refractivity contribution < 1.29 is 18.9 Å². The summed E-state index contributed by atoms with van der Waals surface area (Å²) in [4.78, 5) is 44.1. The van der Waals surface area contributed by atoms with E-state index in [4.69, 9.17) is 0 Å². The summed E-state index contributed by atoms with van der Waals surface area (Å²) in [7, 11) is 8.01. The van der Waals surface area contributed by atoms with E-state index in [-0.39, 0.29) is 17.7 Å². The summed E-state index contributed by atoms with van der Waals surface area (Å²) in [5, 5.41) is 9.96. The molecule has 2 aromatic carbocycles. The van der Waals surface area contributed by atoms with E-state index < -0.39 is 0 Å². The number of benzene rings is 2. The highest BCUT2D eigenvalue weighted by Crippen LogP contribution is 2.20. The maximum atomic E-state index is 13.3. The van der Waals surface area contributed by atoms with Crippen molar-refractivity contribution in [1.29, 1.82) is 0 Å². The number of carbonyl (C=O) groups excluding carboxylic acids is 3. The molecule has 0 saturated carbocycles. The quantitative estimate of drug-likeness (QED) is 0.0381. The van der Waals surface area contributed by atoms with E-state index in [1.807, 2.05) is 54.7 Å². The van der Waals surface area contributed by atoms with E-state index in [0.29, 0.717) is 34.9 Å². The lowest BCUT2D eigenvalue weighted by molar-refractivity contribution is -0.889. The highest BCUT2D eigenvalue weighted by molar-refractivity contribution is 6.07. The van der Waals surface area contributed by atoms with E-state index in [1.54, 1.807) is 59.9 Å². The van der Waals surface area contributed by atoms with Crippen molar-refractivity contribution in [3.05, 3.63) is 113 Å². The molecule has 3 amide bonds. The Hall–Kier alpha value is -5.48. The molecule has 0 saturated heterocycles. The zero-order chi connectivity index (χ0) is 43.5. The van der Waals surface area contributed by atoms with Crippen LogP contribution in [0.25, 0.3) is 23.1 Å².